The van der Waals surface area contributed by atoms with Crippen molar-refractivity contribution in [2.24, 2.45) is 0 Å². The number of rotatable bonds is 7. The summed E-state index contributed by atoms with van der Waals surface area (Å²) in [5.41, 5.74) is 2.67. The normalized spacial score (nSPS) is 17.7. The summed E-state index contributed by atoms with van der Waals surface area (Å²) in [6.45, 7) is 6.67. The number of hydrogen-bond donors (Lipinski definition) is 2. The fourth-order valence-electron chi connectivity index (χ4n) is 5.16. The summed E-state index contributed by atoms with van der Waals surface area (Å²) >= 11 is 3.69. The van der Waals surface area contributed by atoms with Crippen LogP contribution in [-0.2, 0) is 17.8 Å². The van der Waals surface area contributed by atoms with E-state index in [9.17, 15) is 9.59 Å². The number of nitrogens with one attached hydrogen (secondary N) is 2. The van der Waals surface area contributed by atoms with Crippen LogP contribution in [0.2, 0.25) is 0 Å². The van der Waals surface area contributed by atoms with Crippen molar-refractivity contribution in [2.45, 2.75) is 57.7 Å². The SMILES string of the molecule is Cc1ccc2c(=O)cc(CC(=O)NC3CCN(Cc4ccc(OC5CCNCC5)c(Br)c4)CC3)oc2c1. The van der Waals surface area contributed by atoms with Crippen molar-refractivity contribution in [3.63, 3.8) is 0 Å². The summed E-state index contributed by atoms with van der Waals surface area (Å²) in [5.74, 6) is 1.20. The van der Waals surface area contributed by atoms with Gasteiger partial charge in [-0.15, -0.1) is 0 Å². The standard InChI is InChI=1S/C29H34BrN3O4/c1-19-2-4-24-26(34)16-23(37-28(24)14-19)17-29(35)32-21-8-12-33(13-9-21)18-20-3-5-27(25(30)15-20)36-22-6-10-31-11-7-22/h2-5,14-16,21-22,31H,6-13,17-18H2,1H3,(H,32,35). The van der Waals surface area contributed by atoms with Gasteiger partial charge in [-0.25, -0.2) is 0 Å². The Balaban J connectivity index is 1.09. The van der Waals surface area contributed by atoms with E-state index in [1.165, 1.54) is 11.6 Å². The number of aryl methyl sites for hydroxylation is 1. The van der Waals surface area contributed by atoms with Gasteiger partial charge in [0, 0.05) is 31.7 Å². The largest absolute Gasteiger partial charge is 0.489 e. The number of likely N-dealkylation sites (tertiary alicyclic amines) is 1. The van der Waals surface area contributed by atoms with Crippen LogP contribution >= 0.6 is 15.9 Å². The maximum Gasteiger partial charge on any atom is 0.227 e. The quantitative estimate of drug-likeness (QED) is 0.442. The summed E-state index contributed by atoms with van der Waals surface area (Å²) in [7, 11) is 0. The van der Waals surface area contributed by atoms with E-state index >= 15 is 0 Å². The summed E-state index contributed by atoms with van der Waals surface area (Å²) in [6, 6.07) is 13.4. The van der Waals surface area contributed by atoms with E-state index in [1.54, 1.807) is 6.07 Å². The molecule has 7 nitrogen and oxygen atoms in total. The number of amides is 1. The van der Waals surface area contributed by atoms with Crippen LogP contribution in [0.1, 0.15) is 42.6 Å². The number of carbonyl (C=O) groups excluding carboxylic acids is 1. The highest BCUT2D eigenvalue weighted by Crippen LogP contribution is 2.29. The van der Waals surface area contributed by atoms with Gasteiger partial charge in [0.05, 0.1) is 16.3 Å². The lowest BCUT2D eigenvalue weighted by Crippen LogP contribution is -2.44. The Bertz CT molecular complexity index is 1310. The Labute approximate surface area is 225 Å². The molecule has 1 amide bonds. The van der Waals surface area contributed by atoms with E-state index in [-0.39, 0.29) is 29.9 Å². The first-order valence-corrected chi connectivity index (χ1v) is 13.9. The van der Waals surface area contributed by atoms with Crippen LogP contribution in [0, 0.1) is 6.92 Å². The average molecular weight is 569 g/mol. The number of benzene rings is 2. The first-order chi connectivity index (χ1) is 17.9. The van der Waals surface area contributed by atoms with Crippen molar-refractivity contribution in [1.29, 1.82) is 0 Å². The van der Waals surface area contributed by atoms with Crippen LogP contribution < -0.4 is 20.8 Å². The van der Waals surface area contributed by atoms with Gasteiger partial charge in [-0.1, -0.05) is 12.1 Å². The Morgan fingerprint density at radius 2 is 1.89 bits per heavy atom. The first kappa shape index (κ1) is 25.9. The maximum absolute atomic E-state index is 12.7. The van der Waals surface area contributed by atoms with Gasteiger partial charge in [0.1, 0.15) is 23.2 Å². The second-order valence-corrected chi connectivity index (χ2v) is 11.1. The molecule has 0 saturated carbocycles. The minimum atomic E-state index is -0.116. The molecule has 37 heavy (non-hydrogen) atoms. The molecule has 0 unspecified atom stereocenters. The number of fused-ring (bicyclic) bond motifs is 1. The van der Waals surface area contributed by atoms with Crippen LogP contribution in [0.4, 0.5) is 0 Å². The molecular formula is C29H34BrN3O4. The van der Waals surface area contributed by atoms with Crippen LogP contribution in [0.5, 0.6) is 5.75 Å². The van der Waals surface area contributed by atoms with Crippen LogP contribution in [0.25, 0.3) is 11.0 Å². The molecule has 0 atom stereocenters. The number of carbonyl (C=O) groups is 1. The van der Waals surface area contributed by atoms with Gasteiger partial charge >= 0.3 is 0 Å². The number of hydrogen-bond acceptors (Lipinski definition) is 6. The topological polar surface area (TPSA) is 83.8 Å². The Kier molecular flexibility index (Phi) is 8.27. The van der Waals surface area contributed by atoms with Crippen LogP contribution in [-0.4, -0.2) is 49.1 Å². The second kappa shape index (κ2) is 11.8. The summed E-state index contributed by atoms with van der Waals surface area (Å²) in [5, 5.41) is 7.04. The molecule has 3 heterocycles. The number of piperidine rings is 2. The Hall–Kier alpha value is -2.68. The predicted octanol–water partition coefficient (Wildman–Crippen LogP) is 4.32. The number of ether oxygens (including phenoxy) is 1. The molecule has 2 N–H and O–H groups in total. The fraction of sp³-hybridized carbons (Fsp3) is 0.448. The summed E-state index contributed by atoms with van der Waals surface area (Å²) in [6.07, 6.45) is 4.21. The third-order valence-corrected chi connectivity index (χ3v) is 7.83. The monoisotopic (exact) mass is 567 g/mol. The van der Waals surface area contributed by atoms with Gasteiger partial charge in [-0.3, -0.25) is 14.5 Å². The lowest BCUT2D eigenvalue weighted by molar-refractivity contribution is -0.121. The van der Waals surface area contributed by atoms with Gasteiger partial charge in [0.2, 0.25) is 5.91 Å². The lowest BCUT2D eigenvalue weighted by atomic mass is 10.0. The van der Waals surface area contributed by atoms with E-state index in [0.717, 1.165) is 74.2 Å². The third-order valence-electron chi connectivity index (χ3n) is 7.21. The molecule has 8 heteroatoms. The first-order valence-electron chi connectivity index (χ1n) is 13.1. The zero-order chi connectivity index (χ0) is 25.8. The molecule has 0 radical (unpaired) electrons. The Morgan fingerprint density at radius 1 is 1.11 bits per heavy atom. The van der Waals surface area contributed by atoms with Crippen molar-refractivity contribution >= 4 is 32.8 Å². The number of nitrogens with zero attached hydrogens (tertiary/aromatic N) is 1. The van der Waals surface area contributed by atoms with Crippen LogP contribution in [0.3, 0.4) is 0 Å². The second-order valence-electron chi connectivity index (χ2n) is 10.2. The van der Waals surface area contributed by atoms with Crippen molar-refractivity contribution < 1.29 is 13.9 Å². The number of halogens is 1. The Morgan fingerprint density at radius 3 is 2.65 bits per heavy atom. The fourth-order valence-corrected chi connectivity index (χ4v) is 5.68. The predicted molar refractivity (Wildman–Crippen MR) is 148 cm³/mol. The molecule has 0 aliphatic carbocycles. The molecule has 2 aliphatic rings. The summed E-state index contributed by atoms with van der Waals surface area (Å²) in [4.78, 5) is 27.5. The van der Waals surface area contributed by atoms with E-state index in [1.807, 2.05) is 19.1 Å². The van der Waals surface area contributed by atoms with Gasteiger partial charge in [-0.2, -0.15) is 0 Å². The maximum atomic E-state index is 12.7. The van der Waals surface area contributed by atoms with Crippen molar-refractivity contribution in [1.82, 2.24) is 15.5 Å². The highest BCUT2D eigenvalue weighted by molar-refractivity contribution is 9.10. The molecule has 0 bridgehead atoms. The smallest absolute Gasteiger partial charge is 0.227 e. The average Bonchev–Trinajstić information content (AvgIpc) is 2.87. The molecule has 1 aromatic heterocycles. The minimum Gasteiger partial charge on any atom is -0.489 e. The molecule has 5 rings (SSSR count). The van der Waals surface area contributed by atoms with Gasteiger partial charge in [-0.05, 0) is 97.0 Å². The van der Waals surface area contributed by atoms with E-state index in [4.69, 9.17) is 9.15 Å². The molecule has 0 spiro atoms. The van der Waals surface area contributed by atoms with Crippen LogP contribution in [0.15, 0.2) is 56.1 Å². The molecule has 3 aromatic rings. The molecular weight excluding hydrogens is 534 g/mol. The zero-order valence-electron chi connectivity index (χ0n) is 21.2. The molecule has 2 aromatic carbocycles. The highest BCUT2D eigenvalue weighted by Gasteiger charge is 2.22. The zero-order valence-corrected chi connectivity index (χ0v) is 22.8. The van der Waals surface area contributed by atoms with E-state index in [2.05, 4.69) is 49.7 Å². The van der Waals surface area contributed by atoms with Crippen molar-refractivity contribution in [3.8, 4) is 5.75 Å². The molecule has 2 aliphatic heterocycles. The molecule has 2 fully saturated rings. The molecule has 196 valence electrons. The minimum absolute atomic E-state index is 0.0686. The van der Waals surface area contributed by atoms with Gasteiger partial charge in [0.25, 0.3) is 0 Å². The van der Waals surface area contributed by atoms with Crippen molar-refractivity contribution in [3.05, 3.63) is 74.0 Å². The van der Waals surface area contributed by atoms with Gasteiger partial charge in [0.15, 0.2) is 5.43 Å². The van der Waals surface area contributed by atoms with E-state index < -0.39 is 0 Å². The highest BCUT2D eigenvalue weighted by atomic mass is 79.9. The third kappa shape index (κ3) is 6.80. The lowest BCUT2D eigenvalue weighted by Gasteiger charge is -2.32. The van der Waals surface area contributed by atoms with Gasteiger partial charge < -0.3 is 19.8 Å². The molecule has 2 saturated heterocycles. The summed E-state index contributed by atoms with van der Waals surface area (Å²) < 4.78 is 13.0. The van der Waals surface area contributed by atoms with E-state index in [0.29, 0.717) is 16.7 Å². The van der Waals surface area contributed by atoms with Crippen molar-refractivity contribution in [2.75, 3.05) is 26.2 Å².